The first-order valence-corrected chi connectivity index (χ1v) is 9.70. The van der Waals surface area contributed by atoms with Crippen molar-refractivity contribution in [3.8, 4) is 0 Å². The first-order chi connectivity index (χ1) is 12.2. The monoisotopic (exact) mass is 363 g/mol. The van der Waals surface area contributed by atoms with Crippen molar-refractivity contribution in [2.75, 3.05) is 26.2 Å². The Hall–Kier alpha value is -1.92. The fraction of sp³-hybridized carbons (Fsp3) is 0.789. The van der Waals surface area contributed by atoms with Crippen LogP contribution in [0.15, 0.2) is 6.20 Å². The van der Waals surface area contributed by atoms with Crippen molar-refractivity contribution in [3.05, 3.63) is 11.9 Å². The Morgan fingerprint density at radius 3 is 2.58 bits per heavy atom. The van der Waals surface area contributed by atoms with Gasteiger partial charge in [0.25, 0.3) is 5.91 Å². The maximum Gasteiger partial charge on any atom is 0.276 e. The highest BCUT2D eigenvalue weighted by atomic mass is 16.2. The molecular formula is C19H33N5O2. The lowest BCUT2D eigenvalue weighted by Crippen LogP contribution is -2.42. The summed E-state index contributed by atoms with van der Waals surface area (Å²) in [5.41, 5.74) is 0.403. The number of likely N-dealkylation sites (tertiary alicyclic amines) is 1. The van der Waals surface area contributed by atoms with E-state index in [0.29, 0.717) is 37.7 Å². The third-order valence-electron chi connectivity index (χ3n) is 4.81. The van der Waals surface area contributed by atoms with E-state index in [0.717, 1.165) is 25.9 Å². The lowest BCUT2D eigenvalue weighted by molar-refractivity contribution is -0.135. The van der Waals surface area contributed by atoms with Crippen LogP contribution in [-0.2, 0) is 11.3 Å². The molecule has 1 atom stereocenters. The minimum Gasteiger partial charge on any atom is -0.342 e. The number of piperidine rings is 1. The molecule has 0 spiro atoms. The highest BCUT2D eigenvalue weighted by Gasteiger charge is 2.27. The van der Waals surface area contributed by atoms with E-state index in [1.165, 1.54) is 0 Å². The van der Waals surface area contributed by atoms with Crippen molar-refractivity contribution in [1.82, 2.24) is 24.8 Å². The average Bonchev–Trinajstić information content (AvgIpc) is 3.03. The summed E-state index contributed by atoms with van der Waals surface area (Å²) in [7, 11) is 0. The van der Waals surface area contributed by atoms with Crippen LogP contribution < -0.4 is 0 Å². The predicted octanol–water partition coefficient (Wildman–Crippen LogP) is 2.43. The van der Waals surface area contributed by atoms with Crippen LogP contribution in [0.5, 0.6) is 0 Å². The molecule has 2 heterocycles. The quantitative estimate of drug-likeness (QED) is 0.778. The zero-order valence-electron chi connectivity index (χ0n) is 16.9. The van der Waals surface area contributed by atoms with Gasteiger partial charge in [0.1, 0.15) is 0 Å². The Balaban J connectivity index is 1.94. The zero-order valence-corrected chi connectivity index (χ0v) is 16.9. The predicted molar refractivity (Wildman–Crippen MR) is 101 cm³/mol. The molecule has 26 heavy (non-hydrogen) atoms. The standard InChI is InChI=1S/C19H33N5O2/c1-6-22(7-2)18(26)16-14-24(21-20-16)13-15-9-8-10-23(12-15)17(25)11-19(3,4)5/h14-15H,6-13H2,1-5H3. The van der Waals surface area contributed by atoms with Crippen LogP contribution in [0.1, 0.15) is 64.4 Å². The molecule has 1 saturated heterocycles. The van der Waals surface area contributed by atoms with Crippen molar-refractivity contribution >= 4 is 11.8 Å². The van der Waals surface area contributed by atoms with Crippen molar-refractivity contribution in [1.29, 1.82) is 0 Å². The van der Waals surface area contributed by atoms with Gasteiger partial charge in [-0.25, -0.2) is 0 Å². The molecule has 1 unspecified atom stereocenters. The molecule has 1 aromatic heterocycles. The maximum atomic E-state index is 12.5. The summed E-state index contributed by atoms with van der Waals surface area (Å²) >= 11 is 0. The normalized spacial score (nSPS) is 18.0. The van der Waals surface area contributed by atoms with E-state index in [1.54, 1.807) is 15.8 Å². The largest absolute Gasteiger partial charge is 0.342 e. The first-order valence-electron chi connectivity index (χ1n) is 9.70. The van der Waals surface area contributed by atoms with Gasteiger partial charge in [-0.1, -0.05) is 26.0 Å². The topological polar surface area (TPSA) is 71.3 Å². The zero-order chi connectivity index (χ0) is 19.3. The lowest BCUT2D eigenvalue weighted by atomic mass is 9.90. The summed E-state index contributed by atoms with van der Waals surface area (Å²) in [5, 5.41) is 8.17. The SMILES string of the molecule is CCN(CC)C(=O)c1cn(CC2CCCN(C(=O)CC(C)(C)C)C2)nn1. The average molecular weight is 364 g/mol. The first kappa shape index (κ1) is 20.4. The van der Waals surface area contributed by atoms with Gasteiger partial charge in [-0.3, -0.25) is 14.3 Å². The Morgan fingerprint density at radius 2 is 1.96 bits per heavy atom. The maximum absolute atomic E-state index is 12.5. The van der Waals surface area contributed by atoms with E-state index in [9.17, 15) is 9.59 Å². The van der Waals surface area contributed by atoms with Crippen molar-refractivity contribution in [2.45, 2.75) is 60.4 Å². The molecule has 0 bridgehead atoms. The number of carbonyl (C=O) groups excluding carboxylic acids is 2. The van der Waals surface area contributed by atoms with Crippen LogP contribution in [0.25, 0.3) is 0 Å². The third kappa shape index (κ3) is 5.54. The van der Waals surface area contributed by atoms with Crippen LogP contribution in [0.4, 0.5) is 0 Å². The number of hydrogen-bond acceptors (Lipinski definition) is 4. The van der Waals surface area contributed by atoms with Gasteiger partial charge in [-0.15, -0.1) is 5.10 Å². The van der Waals surface area contributed by atoms with E-state index < -0.39 is 0 Å². The third-order valence-corrected chi connectivity index (χ3v) is 4.81. The van der Waals surface area contributed by atoms with Gasteiger partial charge in [0.15, 0.2) is 5.69 Å². The fourth-order valence-corrected chi connectivity index (χ4v) is 3.43. The molecular weight excluding hydrogens is 330 g/mol. The minimum atomic E-state index is -0.0770. The highest BCUT2D eigenvalue weighted by molar-refractivity contribution is 5.91. The molecule has 0 radical (unpaired) electrons. The number of hydrogen-bond donors (Lipinski definition) is 0. The molecule has 1 aliphatic rings. The van der Waals surface area contributed by atoms with Crippen LogP contribution >= 0.6 is 0 Å². The molecule has 0 aliphatic carbocycles. The van der Waals surface area contributed by atoms with Crippen molar-refractivity contribution in [3.63, 3.8) is 0 Å². The molecule has 7 heteroatoms. The molecule has 1 fully saturated rings. The lowest BCUT2D eigenvalue weighted by Gasteiger charge is -2.34. The van der Waals surface area contributed by atoms with Gasteiger partial charge in [0.05, 0.1) is 6.20 Å². The summed E-state index contributed by atoms with van der Waals surface area (Å²) in [6, 6.07) is 0. The van der Waals surface area contributed by atoms with Crippen molar-refractivity contribution < 1.29 is 9.59 Å². The minimum absolute atomic E-state index is 0.00955. The van der Waals surface area contributed by atoms with E-state index in [-0.39, 0.29) is 17.2 Å². The summed E-state index contributed by atoms with van der Waals surface area (Å²) in [4.78, 5) is 28.6. The second-order valence-corrected chi connectivity index (χ2v) is 8.39. The number of carbonyl (C=O) groups is 2. The number of amides is 2. The molecule has 7 nitrogen and oxygen atoms in total. The van der Waals surface area contributed by atoms with Gasteiger partial charge in [-0.2, -0.15) is 0 Å². The van der Waals surface area contributed by atoms with Gasteiger partial charge in [-0.05, 0) is 38.0 Å². The molecule has 1 aromatic rings. The van der Waals surface area contributed by atoms with Gasteiger partial charge < -0.3 is 9.80 Å². The molecule has 2 rings (SSSR count). The van der Waals surface area contributed by atoms with Gasteiger partial charge >= 0.3 is 0 Å². The van der Waals surface area contributed by atoms with E-state index in [4.69, 9.17) is 0 Å². The highest BCUT2D eigenvalue weighted by Crippen LogP contribution is 2.24. The van der Waals surface area contributed by atoms with E-state index in [2.05, 4.69) is 31.1 Å². The second-order valence-electron chi connectivity index (χ2n) is 8.39. The summed E-state index contributed by atoms with van der Waals surface area (Å²) < 4.78 is 1.75. The molecule has 146 valence electrons. The van der Waals surface area contributed by atoms with Crippen LogP contribution in [0.3, 0.4) is 0 Å². The van der Waals surface area contributed by atoms with Gasteiger partial charge in [0, 0.05) is 39.1 Å². The Bertz CT molecular complexity index is 616. The summed E-state index contributed by atoms with van der Waals surface area (Å²) in [6.07, 6.45) is 4.39. The number of nitrogens with zero attached hydrogens (tertiary/aromatic N) is 5. The van der Waals surface area contributed by atoms with Crippen LogP contribution in [-0.4, -0.2) is 62.8 Å². The Kier molecular flexibility index (Phi) is 6.78. The Labute approximate surface area is 156 Å². The molecule has 0 aromatic carbocycles. The molecule has 2 amide bonds. The Morgan fingerprint density at radius 1 is 1.27 bits per heavy atom. The fourth-order valence-electron chi connectivity index (χ4n) is 3.43. The summed E-state index contributed by atoms with van der Waals surface area (Å²) in [5.74, 6) is 0.510. The number of rotatable bonds is 6. The molecule has 0 saturated carbocycles. The van der Waals surface area contributed by atoms with E-state index in [1.807, 2.05) is 18.7 Å². The molecule has 0 N–H and O–H groups in total. The summed E-state index contributed by atoms with van der Waals surface area (Å²) in [6.45, 7) is 13.8. The van der Waals surface area contributed by atoms with Crippen molar-refractivity contribution in [2.24, 2.45) is 11.3 Å². The van der Waals surface area contributed by atoms with Gasteiger partial charge in [0.2, 0.25) is 5.91 Å². The smallest absolute Gasteiger partial charge is 0.276 e. The molecule has 1 aliphatic heterocycles. The number of aromatic nitrogens is 3. The van der Waals surface area contributed by atoms with E-state index >= 15 is 0 Å². The van der Waals surface area contributed by atoms with Crippen LogP contribution in [0, 0.1) is 11.3 Å². The second kappa shape index (κ2) is 8.64. The van der Waals surface area contributed by atoms with Crippen LogP contribution in [0.2, 0.25) is 0 Å².